The normalized spacial score (nSPS) is 22.8. The first-order valence-electron chi connectivity index (χ1n) is 7.91. The van der Waals surface area contributed by atoms with E-state index in [1.165, 1.54) is 12.8 Å². The molecule has 0 radical (unpaired) electrons. The van der Waals surface area contributed by atoms with Crippen molar-refractivity contribution in [1.82, 2.24) is 15.0 Å². The van der Waals surface area contributed by atoms with E-state index in [2.05, 4.69) is 15.4 Å². The molecule has 0 aromatic carbocycles. The van der Waals surface area contributed by atoms with Crippen LogP contribution in [0.15, 0.2) is 10.6 Å². The van der Waals surface area contributed by atoms with Gasteiger partial charge in [-0.1, -0.05) is 5.16 Å². The Balaban J connectivity index is 1.57. The van der Waals surface area contributed by atoms with E-state index in [0.717, 1.165) is 25.9 Å². The summed E-state index contributed by atoms with van der Waals surface area (Å²) in [6.07, 6.45) is 4.52. The summed E-state index contributed by atoms with van der Waals surface area (Å²) >= 11 is 0. The molecule has 2 aliphatic rings. The number of carbonyl (C=O) groups is 2. The lowest BCUT2D eigenvalue weighted by atomic mass is 10.0. The second-order valence-electron chi connectivity index (χ2n) is 6.07. The fourth-order valence-electron chi connectivity index (χ4n) is 3.28. The van der Waals surface area contributed by atoms with E-state index in [1.807, 2.05) is 0 Å². The molecule has 2 fully saturated rings. The maximum Gasteiger partial charge on any atom is 0.315 e. The van der Waals surface area contributed by atoms with Crippen LogP contribution in [-0.4, -0.2) is 59.0 Å². The summed E-state index contributed by atoms with van der Waals surface area (Å²) in [5.41, 5.74) is 0. The lowest BCUT2D eigenvalue weighted by molar-refractivity contribution is -0.144. The van der Waals surface area contributed by atoms with Crippen LogP contribution in [0.5, 0.6) is 0 Å². The number of aryl methyl sites for hydroxylation is 1. The predicted molar refractivity (Wildman–Crippen MR) is 80.3 cm³/mol. The molecule has 0 spiro atoms. The number of carbonyl (C=O) groups excluding carboxylic acids is 2. The summed E-state index contributed by atoms with van der Waals surface area (Å²) in [6.45, 7) is 5.24. The smallest absolute Gasteiger partial charge is 0.315 e. The number of aromatic nitrogens is 1. The van der Waals surface area contributed by atoms with E-state index in [-0.39, 0.29) is 5.82 Å². The summed E-state index contributed by atoms with van der Waals surface area (Å²) in [5, 5.41) is 6.17. The van der Waals surface area contributed by atoms with Gasteiger partial charge in [0.25, 0.3) is 0 Å². The standard InChI is InChI=1S/C15H22N4O3/c1-11-9-13(17-22-11)16-14(20)15(21)19-8-4-5-12(10-19)18-6-2-3-7-18/h9,12H,2-8,10H2,1H3,(H,16,17,20). The van der Waals surface area contributed by atoms with Gasteiger partial charge < -0.3 is 9.42 Å². The van der Waals surface area contributed by atoms with Crippen molar-refractivity contribution in [3.63, 3.8) is 0 Å². The van der Waals surface area contributed by atoms with Crippen molar-refractivity contribution < 1.29 is 14.1 Å². The zero-order valence-electron chi connectivity index (χ0n) is 12.9. The van der Waals surface area contributed by atoms with Crippen LogP contribution in [0.1, 0.15) is 31.4 Å². The molecule has 120 valence electrons. The molecule has 3 heterocycles. The number of hydrogen-bond acceptors (Lipinski definition) is 5. The quantitative estimate of drug-likeness (QED) is 0.825. The SMILES string of the molecule is Cc1cc(NC(=O)C(=O)N2CCCC(N3CCCC3)C2)no1. The van der Waals surface area contributed by atoms with Gasteiger partial charge >= 0.3 is 11.8 Å². The van der Waals surface area contributed by atoms with Gasteiger partial charge in [0.2, 0.25) is 0 Å². The first-order valence-corrected chi connectivity index (χ1v) is 7.91. The average molecular weight is 306 g/mol. The predicted octanol–water partition coefficient (Wildman–Crippen LogP) is 1.01. The molecule has 1 unspecified atom stereocenters. The molecule has 1 aromatic heterocycles. The van der Waals surface area contributed by atoms with Crippen LogP contribution in [0.4, 0.5) is 5.82 Å². The Bertz CT molecular complexity index is 551. The minimum Gasteiger partial charge on any atom is -0.360 e. The topological polar surface area (TPSA) is 78.7 Å². The zero-order chi connectivity index (χ0) is 15.5. The van der Waals surface area contributed by atoms with Gasteiger partial charge in [0.05, 0.1) is 0 Å². The second-order valence-corrected chi connectivity index (χ2v) is 6.07. The minimum atomic E-state index is -0.643. The van der Waals surface area contributed by atoms with Crippen molar-refractivity contribution in [2.45, 2.75) is 38.6 Å². The molecule has 7 nitrogen and oxygen atoms in total. The fourth-order valence-corrected chi connectivity index (χ4v) is 3.28. The number of rotatable bonds is 2. The zero-order valence-corrected chi connectivity index (χ0v) is 12.9. The van der Waals surface area contributed by atoms with E-state index < -0.39 is 11.8 Å². The third-order valence-corrected chi connectivity index (χ3v) is 4.40. The third kappa shape index (κ3) is 3.30. The molecule has 0 aliphatic carbocycles. The summed E-state index contributed by atoms with van der Waals surface area (Å²) < 4.78 is 4.88. The van der Waals surface area contributed by atoms with Gasteiger partial charge in [-0.3, -0.25) is 19.8 Å². The highest BCUT2D eigenvalue weighted by atomic mass is 16.5. The van der Waals surface area contributed by atoms with E-state index >= 15 is 0 Å². The Kier molecular flexibility index (Phi) is 4.42. The van der Waals surface area contributed by atoms with Crippen molar-refractivity contribution in [2.24, 2.45) is 0 Å². The number of likely N-dealkylation sites (tertiary alicyclic amines) is 2. The number of nitrogens with one attached hydrogen (secondary N) is 1. The minimum absolute atomic E-state index is 0.281. The number of nitrogens with zero attached hydrogens (tertiary/aromatic N) is 3. The van der Waals surface area contributed by atoms with Crippen LogP contribution in [0.2, 0.25) is 0 Å². The molecule has 3 rings (SSSR count). The molecule has 7 heteroatoms. The number of amides is 2. The molecular formula is C15H22N4O3. The van der Waals surface area contributed by atoms with Crippen molar-refractivity contribution in [1.29, 1.82) is 0 Å². The van der Waals surface area contributed by atoms with E-state index in [0.29, 0.717) is 24.9 Å². The first kappa shape index (κ1) is 15.0. The maximum absolute atomic E-state index is 12.3. The number of hydrogen-bond donors (Lipinski definition) is 1. The molecule has 0 saturated carbocycles. The molecule has 1 aromatic rings. The monoisotopic (exact) mass is 306 g/mol. The van der Waals surface area contributed by atoms with Gasteiger partial charge in [0, 0.05) is 25.2 Å². The Hall–Kier alpha value is -1.89. The van der Waals surface area contributed by atoms with Gasteiger partial charge in [0.15, 0.2) is 5.82 Å². The van der Waals surface area contributed by atoms with E-state index in [1.54, 1.807) is 17.9 Å². The average Bonchev–Trinajstić information content (AvgIpc) is 3.18. The largest absolute Gasteiger partial charge is 0.360 e. The van der Waals surface area contributed by atoms with Crippen LogP contribution < -0.4 is 5.32 Å². The van der Waals surface area contributed by atoms with Gasteiger partial charge in [-0.25, -0.2) is 0 Å². The Morgan fingerprint density at radius 1 is 1.27 bits per heavy atom. The van der Waals surface area contributed by atoms with Crippen molar-refractivity contribution >= 4 is 17.6 Å². The Morgan fingerprint density at radius 2 is 2.05 bits per heavy atom. The number of anilines is 1. The summed E-state index contributed by atoms with van der Waals surface area (Å²) in [6, 6.07) is 1.98. The highest BCUT2D eigenvalue weighted by Gasteiger charge is 2.31. The molecule has 2 aliphatic heterocycles. The lowest BCUT2D eigenvalue weighted by Gasteiger charge is -2.37. The summed E-state index contributed by atoms with van der Waals surface area (Å²) in [7, 11) is 0. The fraction of sp³-hybridized carbons (Fsp3) is 0.667. The van der Waals surface area contributed by atoms with Gasteiger partial charge in [-0.2, -0.15) is 0 Å². The Morgan fingerprint density at radius 3 is 2.73 bits per heavy atom. The first-order chi connectivity index (χ1) is 10.6. The number of piperidine rings is 1. The molecule has 2 amide bonds. The van der Waals surface area contributed by atoms with Crippen molar-refractivity contribution in [3.8, 4) is 0 Å². The van der Waals surface area contributed by atoms with E-state index in [9.17, 15) is 9.59 Å². The van der Waals surface area contributed by atoms with Gasteiger partial charge in [-0.15, -0.1) is 0 Å². The molecule has 0 bridgehead atoms. The third-order valence-electron chi connectivity index (χ3n) is 4.40. The Labute approximate surface area is 129 Å². The van der Waals surface area contributed by atoms with Crippen LogP contribution in [0.25, 0.3) is 0 Å². The van der Waals surface area contributed by atoms with Crippen molar-refractivity contribution in [2.75, 3.05) is 31.5 Å². The lowest BCUT2D eigenvalue weighted by Crippen LogP contribution is -2.51. The highest BCUT2D eigenvalue weighted by molar-refractivity contribution is 6.39. The van der Waals surface area contributed by atoms with Gasteiger partial charge in [0.1, 0.15) is 5.76 Å². The summed E-state index contributed by atoms with van der Waals surface area (Å²) in [5.74, 6) is -0.251. The van der Waals surface area contributed by atoms with Crippen LogP contribution >= 0.6 is 0 Å². The van der Waals surface area contributed by atoms with Crippen molar-refractivity contribution in [3.05, 3.63) is 11.8 Å². The molecule has 1 N–H and O–H groups in total. The maximum atomic E-state index is 12.3. The second kappa shape index (κ2) is 6.48. The van der Waals surface area contributed by atoms with Crippen LogP contribution in [0, 0.1) is 6.92 Å². The van der Waals surface area contributed by atoms with E-state index in [4.69, 9.17) is 4.52 Å². The van der Waals surface area contributed by atoms with Crippen LogP contribution in [-0.2, 0) is 9.59 Å². The molecule has 1 atom stereocenters. The highest BCUT2D eigenvalue weighted by Crippen LogP contribution is 2.20. The summed E-state index contributed by atoms with van der Waals surface area (Å²) in [4.78, 5) is 28.5. The molecule has 22 heavy (non-hydrogen) atoms. The van der Waals surface area contributed by atoms with Gasteiger partial charge in [-0.05, 0) is 45.7 Å². The molecule has 2 saturated heterocycles. The van der Waals surface area contributed by atoms with Crippen LogP contribution in [0.3, 0.4) is 0 Å². The molecular weight excluding hydrogens is 284 g/mol.